The molecule has 1 aromatic heterocycles. The van der Waals surface area contributed by atoms with E-state index in [0.29, 0.717) is 23.3 Å². The Morgan fingerprint density at radius 1 is 1.27 bits per heavy atom. The van der Waals surface area contributed by atoms with Crippen molar-refractivity contribution in [2.45, 2.75) is 52.2 Å². The highest BCUT2D eigenvalue weighted by molar-refractivity contribution is 8.89. The van der Waals surface area contributed by atoms with E-state index in [0.717, 1.165) is 17.9 Å². The molecule has 0 aliphatic rings. The van der Waals surface area contributed by atoms with Crippen LogP contribution in [0, 0.1) is 0 Å². The molecule has 0 radical (unpaired) electrons. The number of aromatic nitrogens is 2. The summed E-state index contributed by atoms with van der Waals surface area (Å²) in [5, 5.41) is 0.419. The van der Waals surface area contributed by atoms with Gasteiger partial charge in [-0.2, -0.15) is 0 Å². The molecule has 1 rings (SSSR count). The largest absolute Gasteiger partial charge is 0.314 e. The third-order valence-corrected chi connectivity index (χ3v) is 10.3. The molecule has 0 saturated carbocycles. The minimum absolute atomic E-state index is 0.176. The average molecular weight is 383 g/mol. The summed E-state index contributed by atoms with van der Waals surface area (Å²) in [4.78, 5) is 8.82. The van der Waals surface area contributed by atoms with Crippen molar-refractivity contribution in [1.82, 2.24) is 9.97 Å². The average Bonchev–Trinajstić information content (AvgIpc) is 2.42. The van der Waals surface area contributed by atoms with Gasteiger partial charge in [-0.15, -0.1) is 0 Å². The van der Waals surface area contributed by atoms with E-state index < -0.39 is 5.77 Å². The van der Waals surface area contributed by atoms with E-state index in [1.54, 1.807) is 6.07 Å². The van der Waals surface area contributed by atoms with E-state index in [4.69, 9.17) is 16.1 Å². The second-order valence-electron chi connectivity index (χ2n) is 5.73. The summed E-state index contributed by atoms with van der Waals surface area (Å²) >= 11 is 8.80. The van der Waals surface area contributed by atoms with Gasteiger partial charge in [-0.3, -0.25) is 4.57 Å². The van der Waals surface area contributed by atoms with Gasteiger partial charge in [-0.1, -0.05) is 62.1 Å². The van der Waals surface area contributed by atoms with Crippen LogP contribution in [0.5, 0.6) is 0 Å². The Morgan fingerprint density at radius 3 is 2.50 bits per heavy atom. The Labute approximate surface area is 146 Å². The van der Waals surface area contributed by atoms with Crippen LogP contribution in [0.25, 0.3) is 0 Å². The van der Waals surface area contributed by atoms with Crippen LogP contribution in [0.3, 0.4) is 0 Å². The summed E-state index contributed by atoms with van der Waals surface area (Å²) < 4.78 is 18.2. The molecule has 1 atom stereocenters. The van der Waals surface area contributed by atoms with E-state index in [9.17, 15) is 4.57 Å². The van der Waals surface area contributed by atoms with Crippen LogP contribution in [0.1, 0.15) is 52.6 Å². The molecule has 0 aliphatic carbocycles. The van der Waals surface area contributed by atoms with Gasteiger partial charge in [0.05, 0.1) is 12.3 Å². The summed E-state index contributed by atoms with van der Waals surface area (Å²) in [5.41, 5.74) is 0.609. The summed E-state index contributed by atoms with van der Waals surface area (Å²) in [6, 6.07) is 1.73. The first-order chi connectivity index (χ1) is 10.2. The second-order valence-corrected chi connectivity index (χ2v) is 13.6. The maximum absolute atomic E-state index is 12.7. The van der Waals surface area contributed by atoms with E-state index in [2.05, 4.69) is 16.9 Å². The predicted molar refractivity (Wildman–Crippen MR) is 99.0 cm³/mol. The lowest BCUT2D eigenvalue weighted by atomic mass is 9.96. The fraction of sp³-hybridized carbons (Fsp3) is 0.714. The van der Waals surface area contributed by atoms with Crippen molar-refractivity contribution in [3.63, 3.8) is 0 Å². The Bertz CT molecular complexity index is 538. The fourth-order valence-corrected chi connectivity index (χ4v) is 8.29. The van der Waals surface area contributed by atoms with Crippen LogP contribution in [0.15, 0.2) is 6.07 Å². The molecule has 1 heterocycles. The molecule has 22 heavy (non-hydrogen) atoms. The topological polar surface area (TPSA) is 52.1 Å². The van der Waals surface area contributed by atoms with Crippen molar-refractivity contribution in [2.24, 2.45) is 0 Å². The smallest absolute Gasteiger partial charge is 0.313 e. The van der Waals surface area contributed by atoms with Crippen LogP contribution in [-0.4, -0.2) is 22.3 Å². The molecule has 1 aromatic rings. The molecule has 1 unspecified atom stereocenters. The van der Waals surface area contributed by atoms with Gasteiger partial charge in [-0.05, 0) is 19.4 Å². The molecule has 0 bridgehead atoms. The summed E-state index contributed by atoms with van der Waals surface area (Å²) in [6.45, 7) is 10.5. The van der Waals surface area contributed by atoms with Gasteiger partial charge < -0.3 is 4.52 Å². The number of hydrogen-bond acceptors (Lipinski definition) is 6. The second kappa shape index (κ2) is 8.93. The van der Waals surface area contributed by atoms with E-state index in [1.807, 2.05) is 27.7 Å². The molecular weight excluding hydrogens is 359 g/mol. The minimum Gasteiger partial charge on any atom is -0.314 e. The third-order valence-electron chi connectivity index (χ3n) is 2.53. The van der Waals surface area contributed by atoms with Crippen molar-refractivity contribution in [3.8, 4) is 0 Å². The zero-order valence-corrected chi connectivity index (χ0v) is 17.0. The molecule has 0 aromatic carbocycles. The van der Waals surface area contributed by atoms with E-state index in [-0.39, 0.29) is 5.41 Å². The molecule has 0 spiro atoms. The first-order valence-electron chi connectivity index (χ1n) is 7.27. The van der Waals surface area contributed by atoms with Gasteiger partial charge in [0.2, 0.25) is 0 Å². The summed E-state index contributed by atoms with van der Waals surface area (Å²) in [6.07, 6.45) is 0.968. The fourth-order valence-electron chi connectivity index (χ4n) is 1.49. The Kier molecular flexibility index (Phi) is 8.24. The van der Waals surface area contributed by atoms with Crippen molar-refractivity contribution in [3.05, 3.63) is 22.7 Å². The Hall–Kier alpha value is 0.260. The normalized spacial score (nSPS) is 14.8. The molecule has 0 N–H and O–H groups in total. The van der Waals surface area contributed by atoms with Crippen LogP contribution in [0.2, 0.25) is 5.15 Å². The first-order valence-corrected chi connectivity index (χ1v) is 12.5. The highest BCUT2D eigenvalue weighted by Gasteiger charge is 2.25. The Balaban J connectivity index is 2.85. The van der Waals surface area contributed by atoms with Crippen molar-refractivity contribution in [1.29, 1.82) is 0 Å². The molecule has 0 amide bonds. The molecular formula is C14H24ClN2O2PS2. The maximum atomic E-state index is 12.7. The quantitative estimate of drug-likeness (QED) is 0.409. The van der Waals surface area contributed by atoms with Crippen molar-refractivity contribution < 1.29 is 9.09 Å². The summed E-state index contributed by atoms with van der Waals surface area (Å²) in [7, 11) is 0. The number of halogens is 1. The van der Waals surface area contributed by atoms with Gasteiger partial charge in [0, 0.05) is 16.9 Å². The highest BCUT2D eigenvalue weighted by atomic mass is 35.5. The van der Waals surface area contributed by atoms with Gasteiger partial charge >= 0.3 is 5.77 Å². The van der Waals surface area contributed by atoms with Gasteiger partial charge in [0.15, 0.2) is 0 Å². The predicted octanol–water partition coefficient (Wildman–Crippen LogP) is 5.95. The van der Waals surface area contributed by atoms with Gasteiger partial charge in [0.1, 0.15) is 11.0 Å². The zero-order chi connectivity index (χ0) is 16.8. The number of nitrogens with zero attached hydrogens (tertiary/aromatic N) is 2. The lowest BCUT2D eigenvalue weighted by molar-refractivity contribution is 0.357. The Morgan fingerprint density at radius 2 is 1.95 bits per heavy atom. The molecule has 8 heteroatoms. The molecule has 126 valence electrons. The van der Waals surface area contributed by atoms with Crippen LogP contribution in [0.4, 0.5) is 0 Å². The third kappa shape index (κ3) is 6.79. The molecule has 0 aliphatic heterocycles. The molecule has 0 saturated heterocycles. The maximum Gasteiger partial charge on any atom is 0.313 e. The van der Waals surface area contributed by atoms with Crippen molar-refractivity contribution >= 4 is 40.1 Å². The highest BCUT2D eigenvalue weighted by Crippen LogP contribution is 2.70. The van der Waals surface area contributed by atoms with Gasteiger partial charge in [-0.25, -0.2) is 9.97 Å². The van der Waals surface area contributed by atoms with Crippen molar-refractivity contribution in [2.75, 3.05) is 12.4 Å². The molecule has 4 nitrogen and oxygen atoms in total. The van der Waals surface area contributed by atoms with Gasteiger partial charge in [0.25, 0.3) is 0 Å². The number of hydrogen-bond donors (Lipinski definition) is 0. The van der Waals surface area contributed by atoms with Crippen LogP contribution >= 0.6 is 40.1 Å². The standard InChI is InChI=1S/C14H24ClN2O2PS2/c1-6-8-21-20(18,19-7-2)22-10-11-9-12(15)17-13(16-11)14(3,4)5/h9H,6-8,10H2,1-5H3. The van der Waals surface area contributed by atoms with E-state index >= 15 is 0 Å². The van der Waals surface area contributed by atoms with Crippen LogP contribution in [-0.2, 0) is 20.3 Å². The van der Waals surface area contributed by atoms with Crippen LogP contribution < -0.4 is 0 Å². The van der Waals surface area contributed by atoms with E-state index in [1.165, 1.54) is 22.8 Å². The SMILES string of the molecule is CCCSP(=O)(OCC)SCc1cc(Cl)nc(C(C)(C)C)n1. The zero-order valence-electron chi connectivity index (χ0n) is 13.8. The monoisotopic (exact) mass is 382 g/mol. The minimum atomic E-state index is -2.74. The lowest BCUT2D eigenvalue weighted by Gasteiger charge is -2.18. The molecule has 0 fully saturated rings. The lowest BCUT2D eigenvalue weighted by Crippen LogP contribution is -2.17. The summed E-state index contributed by atoms with van der Waals surface area (Å²) in [5.74, 6) is -0.724. The first kappa shape index (κ1) is 20.3. The number of rotatable bonds is 8.